The Hall–Kier alpha value is -2.45. The number of ether oxygens (including phenoxy) is 2. The van der Waals surface area contributed by atoms with Crippen molar-refractivity contribution >= 4 is 17.0 Å². The second-order valence-corrected chi connectivity index (χ2v) is 4.92. The van der Waals surface area contributed by atoms with E-state index in [9.17, 15) is 15.3 Å². The summed E-state index contributed by atoms with van der Waals surface area (Å²) >= 11 is 0. The maximum Gasteiger partial charge on any atom is 0.301 e. The van der Waals surface area contributed by atoms with Crippen molar-refractivity contribution in [1.82, 2.24) is 19.5 Å². The summed E-state index contributed by atoms with van der Waals surface area (Å²) < 4.78 is 12.2. The summed E-state index contributed by atoms with van der Waals surface area (Å²) in [4.78, 5) is 12.1. The zero-order chi connectivity index (χ0) is 16.6. The molecule has 0 aromatic carbocycles. The Labute approximate surface area is 130 Å². The van der Waals surface area contributed by atoms with Gasteiger partial charge in [-0.25, -0.2) is 14.5 Å². The molecule has 3 rings (SSSR count). The van der Waals surface area contributed by atoms with Gasteiger partial charge in [0.15, 0.2) is 29.8 Å². The van der Waals surface area contributed by atoms with Gasteiger partial charge in [-0.3, -0.25) is 0 Å². The highest BCUT2D eigenvalue weighted by molar-refractivity contribution is 5.82. The zero-order valence-electron chi connectivity index (χ0n) is 11.9. The molecule has 1 saturated heterocycles. The normalized spacial score (nSPS) is 27.2. The molecule has 1 fully saturated rings. The number of hydrogen-bond donors (Lipinski definition) is 4. The molecule has 10 nitrogen and oxygen atoms in total. The lowest BCUT2D eigenvalue weighted by atomic mass is 10.1. The Bertz CT molecular complexity index is 757. The molecule has 5 N–H and O–H groups in total. The van der Waals surface area contributed by atoms with E-state index in [0.29, 0.717) is 0 Å². The summed E-state index contributed by atoms with van der Waals surface area (Å²) in [6, 6.07) is 0.0139. The fourth-order valence-electron chi connectivity index (χ4n) is 2.44. The molecule has 1 aliphatic heterocycles. The molecule has 0 radical (unpaired) electrons. The van der Waals surface area contributed by atoms with E-state index in [0.717, 1.165) is 0 Å². The average Bonchev–Trinajstić information content (AvgIpc) is 3.05. The first kappa shape index (κ1) is 15.4. The number of nitrogen functional groups attached to an aromatic ring is 1. The van der Waals surface area contributed by atoms with Crippen LogP contribution in [0.2, 0.25) is 0 Å². The van der Waals surface area contributed by atoms with Crippen LogP contribution in [-0.4, -0.2) is 66.4 Å². The Balaban J connectivity index is 2.11. The van der Waals surface area contributed by atoms with Crippen molar-refractivity contribution in [1.29, 1.82) is 0 Å². The van der Waals surface area contributed by atoms with Crippen molar-refractivity contribution in [2.75, 3.05) is 18.9 Å². The number of rotatable bonds is 4. The average molecular weight is 321 g/mol. The number of imidazole rings is 1. The molecule has 2 aromatic heterocycles. The number of terminal acetylenes is 1. The molecular formula is C13H15N5O5. The van der Waals surface area contributed by atoms with Crippen molar-refractivity contribution in [2.45, 2.75) is 24.5 Å². The third kappa shape index (κ3) is 2.45. The van der Waals surface area contributed by atoms with Gasteiger partial charge >= 0.3 is 6.01 Å². The van der Waals surface area contributed by atoms with Crippen LogP contribution in [0.15, 0.2) is 6.33 Å². The van der Waals surface area contributed by atoms with Crippen molar-refractivity contribution < 1.29 is 24.8 Å². The lowest BCUT2D eigenvalue weighted by Gasteiger charge is -2.18. The van der Waals surface area contributed by atoms with Gasteiger partial charge in [0.05, 0.1) is 6.61 Å². The summed E-state index contributed by atoms with van der Waals surface area (Å²) in [7, 11) is 0. The number of nitrogens with two attached hydrogens (primary N) is 1. The Morgan fingerprint density at radius 2 is 2.17 bits per heavy atom. The van der Waals surface area contributed by atoms with E-state index in [1.165, 1.54) is 10.9 Å². The van der Waals surface area contributed by atoms with Crippen LogP contribution in [0.3, 0.4) is 0 Å². The molecule has 3 heterocycles. The predicted octanol–water partition coefficient (Wildman–Crippen LogP) is -1.97. The predicted molar refractivity (Wildman–Crippen MR) is 77.1 cm³/mol. The molecule has 4 atom stereocenters. The molecule has 0 bridgehead atoms. The van der Waals surface area contributed by atoms with Gasteiger partial charge in [-0.15, -0.1) is 6.42 Å². The van der Waals surface area contributed by atoms with Crippen LogP contribution < -0.4 is 10.5 Å². The fraction of sp³-hybridized carbons (Fsp3) is 0.462. The van der Waals surface area contributed by atoms with Crippen LogP contribution in [-0.2, 0) is 4.74 Å². The molecule has 23 heavy (non-hydrogen) atoms. The number of aromatic nitrogens is 4. The largest absolute Gasteiger partial charge is 0.451 e. The first-order chi connectivity index (χ1) is 11.1. The minimum absolute atomic E-state index is 0.0139. The smallest absolute Gasteiger partial charge is 0.301 e. The maximum absolute atomic E-state index is 10.2. The SMILES string of the molecule is C#CCOc1nc2c(N)ncnc2n1[C@@H]1O[C@H](CO)[C@@H](O)[C@H]1O. The van der Waals surface area contributed by atoms with E-state index in [1.54, 1.807) is 0 Å². The first-order valence-electron chi connectivity index (χ1n) is 6.75. The molecule has 1 aliphatic rings. The van der Waals surface area contributed by atoms with E-state index in [4.69, 9.17) is 21.6 Å². The van der Waals surface area contributed by atoms with Crippen LogP contribution in [0.25, 0.3) is 11.2 Å². The third-order valence-electron chi connectivity index (χ3n) is 3.53. The van der Waals surface area contributed by atoms with E-state index in [-0.39, 0.29) is 29.6 Å². The quantitative estimate of drug-likeness (QED) is 0.470. The number of anilines is 1. The molecule has 0 unspecified atom stereocenters. The molecule has 0 spiro atoms. The lowest BCUT2D eigenvalue weighted by molar-refractivity contribution is -0.0540. The second kappa shape index (κ2) is 5.98. The van der Waals surface area contributed by atoms with E-state index < -0.39 is 31.1 Å². The van der Waals surface area contributed by atoms with E-state index >= 15 is 0 Å². The van der Waals surface area contributed by atoms with Gasteiger partial charge in [0.1, 0.15) is 24.6 Å². The Morgan fingerprint density at radius 3 is 2.83 bits per heavy atom. The van der Waals surface area contributed by atoms with E-state index in [1.807, 2.05) is 0 Å². The highest BCUT2D eigenvalue weighted by Crippen LogP contribution is 2.35. The molecule has 0 aliphatic carbocycles. The first-order valence-corrected chi connectivity index (χ1v) is 6.75. The molecule has 0 saturated carbocycles. The van der Waals surface area contributed by atoms with Crippen molar-refractivity contribution in [3.8, 4) is 18.4 Å². The standard InChI is InChI=1S/C13H15N5O5/c1-2-3-22-13-17-7-10(14)15-5-16-11(7)18(13)12-9(21)8(20)6(4-19)23-12/h1,5-6,8-9,12,19-21H,3-4H2,(H2,14,15,16)/t6-,8-,9-,12-/m1/s1. The lowest BCUT2D eigenvalue weighted by Crippen LogP contribution is -2.33. The van der Waals surface area contributed by atoms with Crippen LogP contribution in [0.1, 0.15) is 6.23 Å². The minimum Gasteiger partial charge on any atom is -0.451 e. The van der Waals surface area contributed by atoms with Gasteiger partial charge in [0.25, 0.3) is 0 Å². The fourth-order valence-corrected chi connectivity index (χ4v) is 2.44. The van der Waals surface area contributed by atoms with Gasteiger partial charge < -0.3 is 30.5 Å². The monoisotopic (exact) mass is 321 g/mol. The topological polar surface area (TPSA) is 149 Å². The third-order valence-corrected chi connectivity index (χ3v) is 3.53. The highest BCUT2D eigenvalue weighted by atomic mass is 16.6. The van der Waals surface area contributed by atoms with Gasteiger partial charge in [-0.1, -0.05) is 5.92 Å². The molecule has 122 valence electrons. The van der Waals surface area contributed by atoms with Crippen molar-refractivity contribution in [3.05, 3.63) is 6.33 Å². The van der Waals surface area contributed by atoms with E-state index in [2.05, 4.69) is 20.9 Å². The summed E-state index contributed by atoms with van der Waals surface area (Å²) in [5.41, 5.74) is 6.26. The zero-order valence-corrected chi connectivity index (χ0v) is 11.9. The van der Waals surface area contributed by atoms with Crippen molar-refractivity contribution in [2.24, 2.45) is 0 Å². The number of aliphatic hydroxyl groups excluding tert-OH is 3. The maximum atomic E-state index is 10.2. The number of nitrogens with zero attached hydrogens (tertiary/aromatic N) is 4. The molecule has 10 heteroatoms. The molecule has 0 amide bonds. The van der Waals surface area contributed by atoms with Gasteiger partial charge in [0, 0.05) is 0 Å². The highest BCUT2D eigenvalue weighted by Gasteiger charge is 2.45. The van der Waals surface area contributed by atoms with Gasteiger partial charge in [0.2, 0.25) is 0 Å². The Morgan fingerprint density at radius 1 is 1.39 bits per heavy atom. The Kier molecular flexibility index (Phi) is 4.01. The minimum atomic E-state index is -1.33. The molecule has 2 aromatic rings. The summed E-state index contributed by atoms with van der Waals surface area (Å²) in [5.74, 6) is 2.41. The van der Waals surface area contributed by atoms with Gasteiger partial charge in [-0.2, -0.15) is 4.98 Å². The van der Waals surface area contributed by atoms with Crippen LogP contribution in [0, 0.1) is 12.3 Å². The summed E-state index contributed by atoms with van der Waals surface area (Å²) in [5, 5.41) is 29.3. The summed E-state index contributed by atoms with van der Waals surface area (Å²) in [6.07, 6.45) is 1.78. The van der Waals surface area contributed by atoms with Crippen LogP contribution >= 0.6 is 0 Å². The van der Waals surface area contributed by atoms with Gasteiger partial charge in [-0.05, 0) is 0 Å². The molecular weight excluding hydrogens is 306 g/mol. The van der Waals surface area contributed by atoms with Crippen LogP contribution in [0.4, 0.5) is 5.82 Å². The number of aliphatic hydroxyl groups is 3. The van der Waals surface area contributed by atoms with Crippen molar-refractivity contribution in [3.63, 3.8) is 0 Å². The number of fused-ring (bicyclic) bond motifs is 1. The van der Waals surface area contributed by atoms with Crippen LogP contribution in [0.5, 0.6) is 6.01 Å². The second-order valence-electron chi connectivity index (χ2n) is 4.92. The number of hydrogen-bond acceptors (Lipinski definition) is 9. The summed E-state index contributed by atoms with van der Waals surface area (Å²) in [6.45, 7) is -0.537.